The lowest BCUT2D eigenvalue weighted by Gasteiger charge is -2.24. The zero-order valence-electron chi connectivity index (χ0n) is 9.71. The lowest BCUT2D eigenvalue weighted by Crippen LogP contribution is -2.45. The van der Waals surface area contributed by atoms with Gasteiger partial charge in [0.1, 0.15) is 0 Å². The summed E-state index contributed by atoms with van der Waals surface area (Å²) < 4.78 is 0. The van der Waals surface area contributed by atoms with Gasteiger partial charge in [-0.25, -0.2) is 0 Å². The zero-order valence-corrected chi connectivity index (χ0v) is 9.71. The van der Waals surface area contributed by atoms with Crippen LogP contribution in [0.15, 0.2) is 12.2 Å². The maximum atomic E-state index is 11.7. The Bertz CT molecular complexity index is 213. The summed E-state index contributed by atoms with van der Waals surface area (Å²) in [6, 6.07) is -0.385. The van der Waals surface area contributed by atoms with Gasteiger partial charge in [-0.15, -0.1) is 0 Å². The normalized spacial score (nSPS) is 14.6. The first kappa shape index (κ1) is 13.2. The van der Waals surface area contributed by atoms with Crippen LogP contribution in [0.1, 0.15) is 27.2 Å². The largest absolute Gasteiger partial charge is 0.340 e. The van der Waals surface area contributed by atoms with E-state index < -0.39 is 0 Å². The maximum absolute atomic E-state index is 11.7. The summed E-state index contributed by atoms with van der Waals surface area (Å²) in [5.74, 6) is 0.234. The first-order valence-corrected chi connectivity index (χ1v) is 5.05. The second kappa shape index (κ2) is 5.81. The van der Waals surface area contributed by atoms with Crippen LogP contribution in [-0.2, 0) is 4.79 Å². The predicted octanol–water partition coefficient (Wildman–Crippen LogP) is 1.39. The van der Waals surface area contributed by atoms with E-state index in [1.807, 2.05) is 20.8 Å². The molecule has 0 aromatic rings. The van der Waals surface area contributed by atoms with Gasteiger partial charge in [-0.2, -0.15) is 0 Å². The van der Waals surface area contributed by atoms with Gasteiger partial charge >= 0.3 is 0 Å². The number of carbonyl (C=O) groups excluding carboxylic acids is 1. The summed E-state index contributed by atoms with van der Waals surface area (Å²) in [4.78, 5) is 13.4. The van der Waals surface area contributed by atoms with E-state index in [1.54, 1.807) is 11.9 Å². The molecule has 0 heterocycles. The van der Waals surface area contributed by atoms with E-state index in [0.717, 1.165) is 12.0 Å². The average molecular weight is 198 g/mol. The number of carbonyl (C=O) groups is 1. The minimum atomic E-state index is -0.385. The van der Waals surface area contributed by atoms with Gasteiger partial charge in [-0.3, -0.25) is 4.79 Å². The van der Waals surface area contributed by atoms with Gasteiger partial charge in [0, 0.05) is 13.6 Å². The van der Waals surface area contributed by atoms with Crippen molar-refractivity contribution in [2.75, 3.05) is 13.6 Å². The fourth-order valence-electron chi connectivity index (χ4n) is 1.23. The predicted molar refractivity (Wildman–Crippen MR) is 59.9 cm³/mol. The number of hydrogen-bond donors (Lipinski definition) is 1. The highest BCUT2D eigenvalue weighted by Gasteiger charge is 2.22. The van der Waals surface area contributed by atoms with Gasteiger partial charge < -0.3 is 10.6 Å². The van der Waals surface area contributed by atoms with Crippen LogP contribution >= 0.6 is 0 Å². The smallest absolute Gasteiger partial charge is 0.239 e. The number of rotatable bonds is 5. The van der Waals surface area contributed by atoms with E-state index >= 15 is 0 Å². The Kier molecular flexibility index (Phi) is 5.46. The number of nitrogens with zero attached hydrogens (tertiary/aromatic N) is 1. The molecule has 0 saturated heterocycles. The number of amides is 1. The average Bonchev–Trinajstić information content (AvgIpc) is 2.13. The lowest BCUT2D eigenvalue weighted by molar-refractivity contribution is -0.132. The highest BCUT2D eigenvalue weighted by atomic mass is 16.2. The minimum Gasteiger partial charge on any atom is -0.340 e. The van der Waals surface area contributed by atoms with Gasteiger partial charge in [-0.05, 0) is 12.8 Å². The van der Waals surface area contributed by atoms with Crippen LogP contribution in [0.4, 0.5) is 0 Å². The van der Waals surface area contributed by atoms with Crippen LogP contribution in [-0.4, -0.2) is 30.4 Å². The molecule has 82 valence electrons. The van der Waals surface area contributed by atoms with Gasteiger partial charge in [-0.1, -0.05) is 32.4 Å². The molecule has 0 rings (SSSR count). The highest BCUT2D eigenvalue weighted by molar-refractivity contribution is 5.81. The van der Waals surface area contributed by atoms with E-state index in [4.69, 9.17) is 5.73 Å². The second-order valence-corrected chi connectivity index (χ2v) is 4.06. The third kappa shape index (κ3) is 3.92. The Labute approximate surface area is 87.0 Å². The van der Waals surface area contributed by atoms with Crippen molar-refractivity contribution in [1.82, 2.24) is 4.90 Å². The van der Waals surface area contributed by atoms with Gasteiger partial charge in [0.05, 0.1) is 6.04 Å². The van der Waals surface area contributed by atoms with E-state index in [0.29, 0.717) is 6.54 Å². The van der Waals surface area contributed by atoms with Crippen LogP contribution in [0.25, 0.3) is 0 Å². The molecule has 1 unspecified atom stereocenters. The Hall–Kier alpha value is -0.830. The van der Waals surface area contributed by atoms with Crippen LogP contribution in [0.2, 0.25) is 0 Å². The highest BCUT2D eigenvalue weighted by Crippen LogP contribution is 2.08. The molecule has 1 amide bonds. The molecule has 0 fully saturated rings. The summed E-state index contributed by atoms with van der Waals surface area (Å²) in [5.41, 5.74) is 6.80. The topological polar surface area (TPSA) is 46.3 Å². The number of nitrogens with two attached hydrogens (primary N) is 1. The third-order valence-electron chi connectivity index (χ3n) is 2.43. The number of likely N-dealkylation sites (N-methyl/N-ethyl adjacent to an activating group) is 1. The first-order valence-electron chi connectivity index (χ1n) is 5.05. The van der Waals surface area contributed by atoms with Gasteiger partial charge in [0.2, 0.25) is 5.91 Å². The van der Waals surface area contributed by atoms with Gasteiger partial charge in [0.25, 0.3) is 0 Å². The molecule has 0 aliphatic rings. The molecule has 14 heavy (non-hydrogen) atoms. The number of hydrogen-bond acceptors (Lipinski definition) is 2. The lowest BCUT2D eigenvalue weighted by atomic mass is 9.99. The molecular weight excluding hydrogens is 176 g/mol. The standard InChI is InChI=1S/C11H22N2O/c1-6-9(4)10(12)11(14)13(5)7-8(2)3/h9-10H,2,6-7,12H2,1,3-5H3/t9?,10-/m0/s1. The molecular formula is C11H22N2O. The molecule has 0 aromatic carbocycles. The summed E-state index contributed by atoms with van der Waals surface area (Å²) in [7, 11) is 1.76. The fourth-order valence-corrected chi connectivity index (χ4v) is 1.23. The van der Waals surface area contributed by atoms with Crippen molar-refractivity contribution in [2.24, 2.45) is 11.7 Å². The Morgan fingerprint density at radius 2 is 2.07 bits per heavy atom. The molecule has 0 aromatic heterocycles. The molecule has 0 aliphatic carbocycles. The molecule has 0 saturated carbocycles. The van der Waals surface area contributed by atoms with Crippen molar-refractivity contribution in [3.8, 4) is 0 Å². The van der Waals surface area contributed by atoms with Crippen molar-refractivity contribution < 1.29 is 4.79 Å². The van der Waals surface area contributed by atoms with Crippen molar-refractivity contribution in [1.29, 1.82) is 0 Å². The van der Waals surface area contributed by atoms with Crippen LogP contribution in [0.5, 0.6) is 0 Å². The molecule has 2 atom stereocenters. The molecule has 0 bridgehead atoms. The third-order valence-corrected chi connectivity index (χ3v) is 2.43. The molecule has 0 aliphatic heterocycles. The van der Waals surface area contributed by atoms with Crippen molar-refractivity contribution in [3.63, 3.8) is 0 Å². The Balaban J connectivity index is 4.23. The van der Waals surface area contributed by atoms with Crippen molar-refractivity contribution in [2.45, 2.75) is 33.2 Å². The molecule has 2 N–H and O–H groups in total. The fraction of sp³-hybridized carbons (Fsp3) is 0.727. The quantitative estimate of drug-likeness (QED) is 0.679. The van der Waals surface area contributed by atoms with Gasteiger partial charge in [0.15, 0.2) is 0 Å². The minimum absolute atomic E-state index is 0.00218. The first-order chi connectivity index (χ1) is 6.40. The molecule has 3 heteroatoms. The van der Waals surface area contributed by atoms with Crippen LogP contribution in [0, 0.1) is 5.92 Å². The Morgan fingerprint density at radius 3 is 2.43 bits per heavy atom. The zero-order chi connectivity index (χ0) is 11.3. The SMILES string of the molecule is C=C(C)CN(C)C(=O)[C@@H](N)C(C)CC. The van der Waals surface area contributed by atoms with Crippen molar-refractivity contribution in [3.05, 3.63) is 12.2 Å². The van der Waals surface area contributed by atoms with E-state index in [1.165, 1.54) is 0 Å². The van der Waals surface area contributed by atoms with E-state index in [-0.39, 0.29) is 17.9 Å². The van der Waals surface area contributed by atoms with E-state index in [2.05, 4.69) is 6.58 Å². The molecule has 0 radical (unpaired) electrons. The summed E-state index contributed by atoms with van der Waals surface area (Å²) >= 11 is 0. The Morgan fingerprint density at radius 1 is 1.57 bits per heavy atom. The van der Waals surface area contributed by atoms with Crippen LogP contribution < -0.4 is 5.73 Å². The summed E-state index contributed by atoms with van der Waals surface area (Å²) in [6.07, 6.45) is 0.924. The van der Waals surface area contributed by atoms with Crippen molar-refractivity contribution >= 4 is 5.91 Å². The summed E-state index contributed by atoms with van der Waals surface area (Å²) in [6.45, 7) is 10.3. The van der Waals surface area contributed by atoms with E-state index in [9.17, 15) is 4.79 Å². The monoisotopic (exact) mass is 198 g/mol. The van der Waals surface area contributed by atoms with Crippen LogP contribution in [0.3, 0.4) is 0 Å². The molecule has 0 spiro atoms. The summed E-state index contributed by atoms with van der Waals surface area (Å²) in [5, 5.41) is 0. The second-order valence-electron chi connectivity index (χ2n) is 4.06. The maximum Gasteiger partial charge on any atom is 0.239 e. The molecule has 3 nitrogen and oxygen atoms in total.